The molecular formula is C11H15FS. The highest BCUT2D eigenvalue weighted by molar-refractivity contribution is 7.80. The fraction of sp³-hybridized carbons (Fsp3) is 0.455. The molecule has 0 spiro atoms. The molecule has 0 heterocycles. The van der Waals surface area contributed by atoms with Crippen LogP contribution in [0.1, 0.15) is 30.4 Å². The van der Waals surface area contributed by atoms with Gasteiger partial charge in [-0.2, -0.15) is 12.6 Å². The molecule has 0 aliphatic rings. The van der Waals surface area contributed by atoms with Gasteiger partial charge in [0, 0.05) is 0 Å². The van der Waals surface area contributed by atoms with Crippen LogP contribution in [0.5, 0.6) is 0 Å². The largest absolute Gasteiger partial charge is 0.207 e. The summed E-state index contributed by atoms with van der Waals surface area (Å²) in [5, 5.41) is 0. The van der Waals surface area contributed by atoms with Crippen molar-refractivity contribution in [2.75, 3.05) is 5.75 Å². The molecule has 0 aromatic heterocycles. The van der Waals surface area contributed by atoms with E-state index in [1.165, 1.54) is 0 Å². The minimum atomic E-state index is -0.0886. The number of thiol groups is 1. The Morgan fingerprint density at radius 3 is 2.69 bits per heavy atom. The minimum absolute atomic E-state index is 0.0886. The van der Waals surface area contributed by atoms with E-state index in [0.29, 0.717) is 0 Å². The van der Waals surface area contributed by atoms with Crippen LogP contribution < -0.4 is 0 Å². The Kier molecular flexibility index (Phi) is 3.79. The summed E-state index contributed by atoms with van der Waals surface area (Å²) in [7, 11) is 0. The van der Waals surface area contributed by atoms with Gasteiger partial charge in [0.15, 0.2) is 0 Å². The third kappa shape index (κ3) is 2.73. The van der Waals surface area contributed by atoms with Crippen LogP contribution in [-0.4, -0.2) is 5.75 Å². The van der Waals surface area contributed by atoms with Gasteiger partial charge in [-0.3, -0.25) is 0 Å². The lowest BCUT2D eigenvalue weighted by molar-refractivity contribution is 0.584. The van der Waals surface area contributed by atoms with E-state index in [9.17, 15) is 4.39 Å². The molecule has 1 unspecified atom stereocenters. The molecule has 1 aromatic rings. The summed E-state index contributed by atoms with van der Waals surface area (Å²) < 4.78 is 13.4. The molecule has 0 fully saturated rings. The molecule has 0 aliphatic heterocycles. The smallest absolute Gasteiger partial charge is 0.126 e. The van der Waals surface area contributed by atoms with Crippen molar-refractivity contribution in [2.45, 2.75) is 26.2 Å². The summed E-state index contributed by atoms with van der Waals surface area (Å²) in [6, 6.07) is 5.41. The molecule has 13 heavy (non-hydrogen) atoms. The van der Waals surface area contributed by atoms with E-state index in [2.05, 4.69) is 12.6 Å². The Balaban J connectivity index is 2.88. The third-order valence-electron chi connectivity index (χ3n) is 2.25. The molecule has 0 saturated carbocycles. The van der Waals surface area contributed by atoms with Crippen molar-refractivity contribution < 1.29 is 4.39 Å². The van der Waals surface area contributed by atoms with Crippen molar-refractivity contribution in [3.63, 3.8) is 0 Å². The zero-order chi connectivity index (χ0) is 9.84. The highest BCUT2D eigenvalue weighted by Crippen LogP contribution is 2.22. The summed E-state index contributed by atoms with van der Waals surface area (Å²) in [5.41, 5.74) is 1.78. The Morgan fingerprint density at radius 1 is 1.46 bits per heavy atom. The van der Waals surface area contributed by atoms with Crippen molar-refractivity contribution in [3.05, 3.63) is 35.1 Å². The van der Waals surface area contributed by atoms with E-state index in [0.717, 1.165) is 23.3 Å². The predicted octanol–water partition coefficient (Wildman–Crippen LogP) is 3.56. The van der Waals surface area contributed by atoms with Gasteiger partial charge in [-0.25, -0.2) is 4.39 Å². The summed E-state index contributed by atoms with van der Waals surface area (Å²) >= 11 is 4.14. The molecule has 0 bridgehead atoms. The monoisotopic (exact) mass is 198 g/mol. The van der Waals surface area contributed by atoms with Crippen LogP contribution in [0.3, 0.4) is 0 Å². The third-order valence-corrected chi connectivity index (χ3v) is 2.51. The van der Waals surface area contributed by atoms with Crippen molar-refractivity contribution in [2.24, 2.45) is 0 Å². The molecule has 0 aliphatic carbocycles. The fourth-order valence-corrected chi connectivity index (χ4v) is 1.77. The van der Waals surface area contributed by atoms with Gasteiger partial charge in [-0.1, -0.05) is 19.1 Å². The number of rotatable bonds is 3. The minimum Gasteiger partial charge on any atom is -0.207 e. The van der Waals surface area contributed by atoms with E-state index in [1.54, 1.807) is 6.07 Å². The second kappa shape index (κ2) is 4.66. The first kappa shape index (κ1) is 10.6. The van der Waals surface area contributed by atoms with E-state index in [1.807, 2.05) is 26.0 Å². The number of hydrogen-bond acceptors (Lipinski definition) is 1. The number of halogens is 1. The second-order valence-corrected chi connectivity index (χ2v) is 3.89. The highest BCUT2D eigenvalue weighted by Gasteiger charge is 2.09. The Hall–Kier alpha value is -0.500. The topological polar surface area (TPSA) is 0 Å². The Labute approximate surface area is 84.6 Å². The lowest BCUT2D eigenvalue weighted by atomic mass is 9.97. The van der Waals surface area contributed by atoms with Crippen LogP contribution >= 0.6 is 12.6 Å². The van der Waals surface area contributed by atoms with E-state index >= 15 is 0 Å². The average molecular weight is 198 g/mol. The van der Waals surface area contributed by atoms with Crippen LogP contribution in [0.4, 0.5) is 4.39 Å². The first-order valence-electron chi connectivity index (χ1n) is 4.52. The maximum absolute atomic E-state index is 13.4. The second-order valence-electron chi connectivity index (χ2n) is 3.44. The molecular weight excluding hydrogens is 183 g/mol. The fourth-order valence-electron chi connectivity index (χ4n) is 1.38. The SMILES string of the molecule is Cc1ccc(C(C)CCS)c(F)c1. The lowest BCUT2D eigenvalue weighted by Gasteiger charge is -2.11. The Bertz CT molecular complexity index is 283. The standard InChI is InChI=1S/C11H15FS/c1-8-3-4-10(11(12)7-8)9(2)5-6-13/h3-4,7,9,13H,5-6H2,1-2H3. The van der Waals surface area contributed by atoms with Crippen molar-refractivity contribution in [3.8, 4) is 0 Å². The molecule has 72 valence electrons. The molecule has 0 amide bonds. The summed E-state index contributed by atoms with van der Waals surface area (Å²) in [6.07, 6.45) is 0.920. The predicted molar refractivity (Wildman–Crippen MR) is 58.0 cm³/mol. The molecule has 0 saturated heterocycles. The molecule has 1 atom stereocenters. The van der Waals surface area contributed by atoms with Gasteiger partial charge in [0.05, 0.1) is 0 Å². The highest BCUT2D eigenvalue weighted by atomic mass is 32.1. The molecule has 0 radical (unpaired) electrons. The van der Waals surface area contributed by atoms with Crippen LogP contribution in [0.15, 0.2) is 18.2 Å². The van der Waals surface area contributed by atoms with Crippen LogP contribution in [0.2, 0.25) is 0 Å². The van der Waals surface area contributed by atoms with Crippen molar-refractivity contribution >= 4 is 12.6 Å². The number of benzene rings is 1. The van der Waals surface area contributed by atoms with Crippen LogP contribution in [0, 0.1) is 12.7 Å². The maximum Gasteiger partial charge on any atom is 0.126 e. The number of hydrogen-bond donors (Lipinski definition) is 1. The Morgan fingerprint density at radius 2 is 2.15 bits per heavy atom. The van der Waals surface area contributed by atoms with Gasteiger partial charge in [0.25, 0.3) is 0 Å². The van der Waals surface area contributed by atoms with E-state index < -0.39 is 0 Å². The van der Waals surface area contributed by atoms with Crippen molar-refractivity contribution in [1.82, 2.24) is 0 Å². The average Bonchev–Trinajstić information content (AvgIpc) is 2.04. The zero-order valence-corrected chi connectivity index (χ0v) is 8.94. The summed E-state index contributed by atoms with van der Waals surface area (Å²) in [4.78, 5) is 0. The first-order valence-corrected chi connectivity index (χ1v) is 5.15. The molecule has 0 nitrogen and oxygen atoms in total. The first-order chi connectivity index (χ1) is 6.15. The zero-order valence-electron chi connectivity index (χ0n) is 8.05. The number of aryl methyl sites for hydroxylation is 1. The normalized spacial score (nSPS) is 12.9. The lowest BCUT2D eigenvalue weighted by Crippen LogP contribution is -1.98. The van der Waals surface area contributed by atoms with E-state index in [-0.39, 0.29) is 11.7 Å². The molecule has 0 N–H and O–H groups in total. The molecule has 2 heteroatoms. The quantitative estimate of drug-likeness (QED) is 0.705. The summed E-state index contributed by atoms with van der Waals surface area (Å²) in [6.45, 7) is 3.93. The summed E-state index contributed by atoms with van der Waals surface area (Å²) in [5.74, 6) is 0.974. The van der Waals surface area contributed by atoms with Gasteiger partial charge < -0.3 is 0 Å². The maximum atomic E-state index is 13.4. The van der Waals surface area contributed by atoms with Gasteiger partial charge in [0.1, 0.15) is 5.82 Å². The van der Waals surface area contributed by atoms with Crippen LogP contribution in [0.25, 0.3) is 0 Å². The van der Waals surface area contributed by atoms with Gasteiger partial charge in [-0.05, 0) is 42.2 Å². The van der Waals surface area contributed by atoms with E-state index in [4.69, 9.17) is 0 Å². The van der Waals surface area contributed by atoms with Crippen LogP contribution in [-0.2, 0) is 0 Å². The molecule has 1 rings (SSSR count). The van der Waals surface area contributed by atoms with Gasteiger partial charge >= 0.3 is 0 Å². The van der Waals surface area contributed by atoms with Crippen molar-refractivity contribution in [1.29, 1.82) is 0 Å². The van der Waals surface area contributed by atoms with Gasteiger partial charge in [-0.15, -0.1) is 0 Å². The molecule has 1 aromatic carbocycles. The van der Waals surface area contributed by atoms with Gasteiger partial charge in [0.2, 0.25) is 0 Å².